The van der Waals surface area contributed by atoms with Crippen molar-refractivity contribution < 1.29 is 72.4 Å². The number of carbonyl (C=O) groups excluding carboxylic acids is 1. The van der Waals surface area contributed by atoms with Crippen LogP contribution in [0.1, 0.15) is 40.8 Å². The van der Waals surface area contributed by atoms with E-state index < -0.39 is 58.2 Å². The Morgan fingerprint density at radius 2 is 1.07 bits per heavy atom. The van der Waals surface area contributed by atoms with Crippen molar-refractivity contribution in [1.29, 1.82) is 0 Å². The van der Waals surface area contributed by atoms with Crippen molar-refractivity contribution in [3.63, 3.8) is 0 Å². The number of hydrogen-bond acceptors (Lipinski definition) is 6. The second-order valence-electron chi connectivity index (χ2n) is 11.1. The summed E-state index contributed by atoms with van der Waals surface area (Å²) in [6.07, 6.45) is -6.68. The maximum absolute atomic E-state index is 14.0. The molecule has 0 saturated carbocycles. The third-order valence-corrected chi connectivity index (χ3v) is 6.80. The summed E-state index contributed by atoms with van der Waals surface area (Å²) < 4.78 is 157. The lowest BCUT2D eigenvalue weighted by Crippen LogP contribution is -2.16. The van der Waals surface area contributed by atoms with Gasteiger partial charge < -0.3 is 28.5 Å². The Kier molecular flexibility index (Phi) is 17.0. The molecule has 6 nitrogen and oxygen atoms in total. The highest BCUT2D eigenvalue weighted by Crippen LogP contribution is 2.36. The third kappa shape index (κ3) is 14.0. The predicted molar refractivity (Wildman–Crippen MR) is 179 cm³/mol. The number of ether oxygens (including phenoxy) is 5. The van der Waals surface area contributed by atoms with Gasteiger partial charge in [0, 0.05) is 24.1 Å². The van der Waals surface area contributed by atoms with Crippen LogP contribution in [0.25, 0.3) is 6.08 Å². The average Bonchev–Trinajstić information content (AvgIpc) is 3.08. The fraction of sp³-hybridized carbons (Fsp3) is 0.289. The predicted octanol–water partition coefficient (Wildman–Crippen LogP) is 11.2. The van der Waals surface area contributed by atoms with Gasteiger partial charge in [-0.15, -0.1) is 0 Å². The van der Waals surface area contributed by atoms with E-state index >= 15 is 0 Å². The molecule has 16 heteroatoms. The molecule has 1 fully saturated rings. The number of methoxy groups -OCH3 is 1. The Balaban J connectivity index is 0.000000318. The molecule has 1 saturated heterocycles. The highest BCUT2D eigenvalue weighted by molar-refractivity contribution is 5.56. The van der Waals surface area contributed by atoms with E-state index in [1.165, 1.54) is 39.2 Å². The number of benzene rings is 4. The van der Waals surface area contributed by atoms with E-state index in [-0.39, 0.29) is 47.6 Å². The van der Waals surface area contributed by atoms with Crippen LogP contribution in [-0.2, 0) is 37.8 Å². The number of carbonyl (C=O) groups is 1. The highest BCUT2D eigenvalue weighted by atomic mass is 19.4. The normalized spacial score (nSPS) is 12.8. The minimum absolute atomic E-state index is 0. The van der Waals surface area contributed by atoms with Gasteiger partial charge in [-0.3, -0.25) is 0 Å². The molecule has 0 spiro atoms. The average molecular weight is 779 g/mol. The zero-order valence-electron chi connectivity index (χ0n) is 28.3. The second kappa shape index (κ2) is 20.4. The molecular weight excluding hydrogens is 742 g/mol. The van der Waals surface area contributed by atoms with Crippen LogP contribution < -0.4 is 9.47 Å². The summed E-state index contributed by atoms with van der Waals surface area (Å²) in [5, 5.41) is 0. The van der Waals surface area contributed by atoms with Crippen molar-refractivity contribution in [2.45, 2.75) is 40.0 Å². The number of rotatable bonds is 8. The van der Waals surface area contributed by atoms with E-state index in [1.54, 1.807) is 0 Å². The highest BCUT2D eigenvalue weighted by Gasteiger charge is 2.32. The van der Waals surface area contributed by atoms with Gasteiger partial charge >= 0.3 is 12.4 Å². The molecule has 5 rings (SSSR count). The molecule has 0 bridgehead atoms. The van der Waals surface area contributed by atoms with Crippen molar-refractivity contribution in [3.05, 3.63) is 124 Å². The Bertz CT molecular complexity index is 1860. The molecule has 0 unspecified atom stereocenters. The fourth-order valence-electron chi connectivity index (χ4n) is 4.42. The largest absolute Gasteiger partial charge is 0.504 e. The molecule has 0 atom stereocenters. The van der Waals surface area contributed by atoms with Crippen LogP contribution in [-0.4, -0.2) is 39.8 Å². The van der Waals surface area contributed by atoms with Crippen molar-refractivity contribution in [1.82, 2.24) is 0 Å². The van der Waals surface area contributed by atoms with Gasteiger partial charge in [0.1, 0.15) is 29.4 Å². The first-order valence-electron chi connectivity index (χ1n) is 15.4. The minimum Gasteiger partial charge on any atom is -0.504 e. The molecule has 0 amide bonds. The van der Waals surface area contributed by atoms with Gasteiger partial charge in [-0.05, 0) is 85.1 Å². The van der Waals surface area contributed by atoms with E-state index in [2.05, 4.69) is 4.74 Å². The first kappa shape index (κ1) is 45.1. The van der Waals surface area contributed by atoms with Crippen molar-refractivity contribution in [2.24, 2.45) is 0 Å². The molecule has 4 aromatic carbocycles. The molecule has 1 aliphatic rings. The quantitative estimate of drug-likeness (QED) is 0.101. The summed E-state index contributed by atoms with van der Waals surface area (Å²) >= 11 is 0. The van der Waals surface area contributed by atoms with Crippen LogP contribution >= 0.6 is 0 Å². The second-order valence-corrected chi connectivity index (χ2v) is 11.1. The molecule has 54 heavy (non-hydrogen) atoms. The number of hydrogen-bond donors (Lipinski definition) is 0. The molecule has 0 radical (unpaired) electrons. The first-order valence-corrected chi connectivity index (χ1v) is 15.4. The smallest absolute Gasteiger partial charge is 0.416 e. The number of alkyl halides is 6. The summed E-state index contributed by atoms with van der Waals surface area (Å²) in [5.74, 6) is -5.14. The van der Waals surface area contributed by atoms with Gasteiger partial charge in [-0.2, -0.15) is 26.3 Å². The van der Waals surface area contributed by atoms with E-state index in [0.717, 1.165) is 69.1 Å². The molecular formula is C38H36F10O6. The molecule has 0 aliphatic carbocycles. The van der Waals surface area contributed by atoms with Crippen LogP contribution in [0.4, 0.5) is 43.9 Å². The van der Waals surface area contributed by atoms with Crippen molar-refractivity contribution in [3.8, 4) is 23.0 Å². The zero-order chi connectivity index (χ0) is 39.3. The summed E-state index contributed by atoms with van der Waals surface area (Å²) in [6.45, 7) is 5.98. The molecule has 4 aromatic rings. The van der Waals surface area contributed by atoms with Crippen LogP contribution in [0.3, 0.4) is 0 Å². The molecule has 0 N–H and O–H groups in total. The maximum atomic E-state index is 14.0. The summed E-state index contributed by atoms with van der Waals surface area (Å²) in [6, 6.07) is 8.94. The topological polar surface area (TPSA) is 63.2 Å². The SMILES string of the molecule is C.C1COCCO1.CO/C=C/c1cc(F)c(Oc2cc(C)cc(C(F)(F)F)c2)cc1F.Cc1cc(Oc2cc(F)c(CC=O)cc2F)cc(C(F)(F)F)c1. The Hall–Kier alpha value is -5.09. The summed E-state index contributed by atoms with van der Waals surface area (Å²) in [7, 11) is 1.35. The van der Waals surface area contributed by atoms with Crippen LogP contribution in [0.5, 0.6) is 23.0 Å². The lowest BCUT2D eigenvalue weighted by Gasteiger charge is -2.12. The molecule has 1 aliphatic heterocycles. The third-order valence-electron chi connectivity index (χ3n) is 6.80. The van der Waals surface area contributed by atoms with Gasteiger partial charge in [0.05, 0.1) is 50.9 Å². The Morgan fingerprint density at radius 1 is 0.630 bits per heavy atom. The molecule has 1 heterocycles. The zero-order valence-corrected chi connectivity index (χ0v) is 28.3. The van der Waals surface area contributed by atoms with E-state index in [9.17, 15) is 48.7 Å². The van der Waals surface area contributed by atoms with Gasteiger partial charge in [0.25, 0.3) is 0 Å². The minimum atomic E-state index is -4.58. The fourth-order valence-corrected chi connectivity index (χ4v) is 4.42. The van der Waals surface area contributed by atoms with Crippen LogP contribution in [0.2, 0.25) is 0 Å². The number of halogens is 10. The van der Waals surface area contributed by atoms with Gasteiger partial charge in [0.15, 0.2) is 23.1 Å². The van der Waals surface area contributed by atoms with Crippen LogP contribution in [0, 0.1) is 37.1 Å². The first-order chi connectivity index (χ1) is 24.9. The maximum Gasteiger partial charge on any atom is 0.416 e. The van der Waals surface area contributed by atoms with E-state index in [4.69, 9.17) is 18.9 Å². The lowest BCUT2D eigenvalue weighted by molar-refractivity contribution is -0.138. The molecule has 0 aromatic heterocycles. The summed E-state index contributed by atoms with van der Waals surface area (Å²) in [4.78, 5) is 10.4. The van der Waals surface area contributed by atoms with Crippen molar-refractivity contribution >= 4 is 12.4 Å². The summed E-state index contributed by atoms with van der Waals surface area (Å²) in [5.41, 5.74) is -1.59. The number of aryl methyl sites for hydroxylation is 2. The van der Waals surface area contributed by atoms with Gasteiger partial charge in [-0.25, -0.2) is 17.6 Å². The van der Waals surface area contributed by atoms with E-state index in [1.807, 2.05) is 0 Å². The lowest BCUT2D eigenvalue weighted by atomic mass is 10.1. The Morgan fingerprint density at radius 3 is 1.48 bits per heavy atom. The number of aldehydes is 1. The monoisotopic (exact) mass is 778 g/mol. The van der Waals surface area contributed by atoms with Gasteiger partial charge in [0.2, 0.25) is 0 Å². The standard InChI is InChI=1S/C17H13F5O2.C16H11F5O2.C4H8O2.CH4/c1-10-5-12(17(20,21)22)8-13(6-10)24-16-9-14(18)11(3-4-23-2)7-15(16)19;1-9-4-11(16(19,20)21)7-12(5-9)23-15-8-13(17)10(2-3-22)6-14(15)18;1-2-6-4-3-5-1;/h3-9H,1-2H3;3-8H,2H2,1H3;1-4H2;1H4/b4-3+;;;. The Labute approximate surface area is 304 Å². The van der Waals surface area contributed by atoms with E-state index in [0.29, 0.717) is 18.4 Å². The van der Waals surface area contributed by atoms with Crippen LogP contribution in [0.15, 0.2) is 66.9 Å². The van der Waals surface area contributed by atoms with Crippen molar-refractivity contribution in [2.75, 3.05) is 33.5 Å². The van der Waals surface area contributed by atoms with Gasteiger partial charge in [-0.1, -0.05) is 7.43 Å². The molecule has 294 valence electrons.